The first kappa shape index (κ1) is 14.3. The van der Waals surface area contributed by atoms with Gasteiger partial charge in [-0.3, -0.25) is 14.7 Å². The van der Waals surface area contributed by atoms with Crippen LogP contribution in [0.3, 0.4) is 0 Å². The number of nitrogens with zero attached hydrogens (tertiary/aromatic N) is 3. The predicted molar refractivity (Wildman–Crippen MR) is 83.6 cm³/mol. The first-order chi connectivity index (χ1) is 10.1. The number of carbonyl (C=O) groups is 1. The third-order valence-electron chi connectivity index (χ3n) is 4.35. The van der Waals surface area contributed by atoms with Crippen LogP contribution in [0.2, 0.25) is 0 Å². The molecular formula is C16H24N4O. The van der Waals surface area contributed by atoms with Crippen LogP contribution in [-0.4, -0.2) is 54.1 Å². The maximum Gasteiger partial charge on any atom is 0.270 e. The maximum absolute atomic E-state index is 12.1. The maximum atomic E-state index is 12.1. The molecule has 0 saturated carbocycles. The van der Waals surface area contributed by atoms with Gasteiger partial charge in [-0.15, -0.1) is 0 Å². The van der Waals surface area contributed by atoms with E-state index in [0.717, 1.165) is 25.3 Å². The molecule has 2 aliphatic rings. The van der Waals surface area contributed by atoms with Crippen LogP contribution in [0.1, 0.15) is 37.2 Å². The van der Waals surface area contributed by atoms with Crippen molar-refractivity contribution >= 4 is 11.6 Å². The van der Waals surface area contributed by atoms with Crippen molar-refractivity contribution in [3.63, 3.8) is 0 Å². The molecule has 0 aliphatic carbocycles. The molecule has 3 rings (SSSR count). The molecule has 2 fully saturated rings. The summed E-state index contributed by atoms with van der Waals surface area (Å²) in [7, 11) is 0. The number of rotatable bonds is 3. The molecule has 1 N–H and O–H groups in total. The van der Waals surface area contributed by atoms with Gasteiger partial charge in [-0.05, 0) is 45.4 Å². The molecule has 2 aliphatic heterocycles. The summed E-state index contributed by atoms with van der Waals surface area (Å²) in [6.07, 6.45) is 4.35. The summed E-state index contributed by atoms with van der Waals surface area (Å²) in [5.41, 5.74) is 1.63. The van der Waals surface area contributed by atoms with E-state index in [0.29, 0.717) is 11.7 Å². The van der Waals surface area contributed by atoms with Crippen molar-refractivity contribution in [3.8, 4) is 0 Å². The fourth-order valence-electron chi connectivity index (χ4n) is 3.30. The van der Waals surface area contributed by atoms with Gasteiger partial charge in [0.25, 0.3) is 5.91 Å². The summed E-state index contributed by atoms with van der Waals surface area (Å²) < 4.78 is 0. The lowest BCUT2D eigenvalue weighted by Gasteiger charge is -2.38. The molecule has 1 amide bonds. The molecule has 2 saturated heterocycles. The summed E-state index contributed by atoms with van der Waals surface area (Å²) in [5, 5.41) is 2.90. The number of anilines is 1. The van der Waals surface area contributed by atoms with E-state index in [1.807, 2.05) is 26.0 Å². The number of fused-ring (bicyclic) bond motifs is 1. The van der Waals surface area contributed by atoms with Gasteiger partial charge in [0.2, 0.25) is 0 Å². The molecular weight excluding hydrogens is 264 g/mol. The van der Waals surface area contributed by atoms with E-state index in [1.54, 1.807) is 6.20 Å². The van der Waals surface area contributed by atoms with Crippen LogP contribution in [0.25, 0.3) is 0 Å². The Balaban J connectivity index is 1.72. The van der Waals surface area contributed by atoms with Crippen LogP contribution in [0.15, 0.2) is 18.3 Å². The molecule has 1 unspecified atom stereocenters. The second-order valence-electron chi connectivity index (χ2n) is 6.31. The summed E-state index contributed by atoms with van der Waals surface area (Å²) in [4.78, 5) is 21.3. The number of carbonyl (C=O) groups excluding carboxylic acids is 1. The summed E-state index contributed by atoms with van der Waals surface area (Å²) >= 11 is 0. The van der Waals surface area contributed by atoms with Crippen molar-refractivity contribution in [1.82, 2.24) is 15.2 Å². The van der Waals surface area contributed by atoms with Crippen molar-refractivity contribution in [3.05, 3.63) is 24.0 Å². The minimum absolute atomic E-state index is 0.0913. The molecule has 3 heterocycles. The van der Waals surface area contributed by atoms with Crippen molar-refractivity contribution in [2.24, 2.45) is 0 Å². The first-order valence-corrected chi connectivity index (χ1v) is 7.89. The number of piperazine rings is 1. The highest BCUT2D eigenvalue weighted by Gasteiger charge is 2.30. The van der Waals surface area contributed by atoms with Gasteiger partial charge in [-0.25, -0.2) is 0 Å². The van der Waals surface area contributed by atoms with Crippen molar-refractivity contribution in [2.75, 3.05) is 31.1 Å². The lowest BCUT2D eigenvalue weighted by molar-refractivity contribution is 0.0938. The van der Waals surface area contributed by atoms with E-state index in [1.165, 1.54) is 19.4 Å². The molecule has 1 aromatic rings. The average Bonchev–Trinajstić information content (AvgIpc) is 2.94. The topological polar surface area (TPSA) is 48.5 Å². The van der Waals surface area contributed by atoms with E-state index in [4.69, 9.17) is 0 Å². The lowest BCUT2D eigenvalue weighted by atomic mass is 10.1. The normalized spacial score (nSPS) is 22.4. The Morgan fingerprint density at radius 3 is 3.05 bits per heavy atom. The van der Waals surface area contributed by atoms with Gasteiger partial charge in [-0.1, -0.05) is 0 Å². The van der Waals surface area contributed by atoms with E-state index in [9.17, 15) is 4.79 Å². The smallest absolute Gasteiger partial charge is 0.270 e. The largest absolute Gasteiger partial charge is 0.369 e. The minimum atomic E-state index is -0.0913. The zero-order valence-electron chi connectivity index (χ0n) is 12.9. The average molecular weight is 288 g/mol. The summed E-state index contributed by atoms with van der Waals surface area (Å²) in [6.45, 7) is 8.39. The number of pyridine rings is 1. The van der Waals surface area contributed by atoms with Crippen molar-refractivity contribution < 1.29 is 4.79 Å². The molecule has 114 valence electrons. The zero-order chi connectivity index (χ0) is 14.8. The Hall–Kier alpha value is -1.62. The first-order valence-electron chi connectivity index (χ1n) is 7.89. The van der Waals surface area contributed by atoms with Gasteiger partial charge in [0.05, 0.1) is 0 Å². The Morgan fingerprint density at radius 1 is 1.38 bits per heavy atom. The molecule has 0 radical (unpaired) electrons. The number of hydrogen-bond donors (Lipinski definition) is 1. The Kier molecular flexibility index (Phi) is 4.10. The number of aromatic nitrogens is 1. The highest BCUT2D eigenvalue weighted by atomic mass is 16.1. The van der Waals surface area contributed by atoms with Gasteiger partial charge in [0.1, 0.15) is 5.69 Å². The third kappa shape index (κ3) is 3.18. The van der Waals surface area contributed by atoms with Gasteiger partial charge in [0.15, 0.2) is 0 Å². The second-order valence-corrected chi connectivity index (χ2v) is 6.31. The van der Waals surface area contributed by atoms with Crippen LogP contribution in [-0.2, 0) is 0 Å². The zero-order valence-corrected chi connectivity index (χ0v) is 12.9. The fourth-order valence-corrected chi connectivity index (χ4v) is 3.30. The van der Waals surface area contributed by atoms with Gasteiger partial charge >= 0.3 is 0 Å². The quantitative estimate of drug-likeness (QED) is 0.916. The SMILES string of the molecule is CC(C)NC(=O)c1cc(N2CCN3CCCC3C2)ccn1. The number of hydrogen-bond acceptors (Lipinski definition) is 4. The van der Waals surface area contributed by atoms with E-state index < -0.39 is 0 Å². The van der Waals surface area contributed by atoms with E-state index >= 15 is 0 Å². The molecule has 21 heavy (non-hydrogen) atoms. The van der Waals surface area contributed by atoms with Crippen LogP contribution in [0.4, 0.5) is 5.69 Å². The number of amides is 1. The predicted octanol–water partition coefficient (Wildman–Crippen LogP) is 1.50. The highest BCUT2D eigenvalue weighted by molar-refractivity contribution is 5.93. The van der Waals surface area contributed by atoms with Gasteiger partial charge in [0, 0.05) is 43.6 Å². The highest BCUT2D eigenvalue weighted by Crippen LogP contribution is 2.25. The Labute approximate surface area is 126 Å². The minimum Gasteiger partial charge on any atom is -0.369 e. The molecule has 1 atom stereocenters. The van der Waals surface area contributed by atoms with E-state index in [-0.39, 0.29) is 11.9 Å². The lowest BCUT2D eigenvalue weighted by Crippen LogP contribution is -2.50. The van der Waals surface area contributed by atoms with Crippen LogP contribution < -0.4 is 10.2 Å². The molecule has 0 bridgehead atoms. The second kappa shape index (κ2) is 6.02. The monoisotopic (exact) mass is 288 g/mol. The van der Waals surface area contributed by atoms with Crippen molar-refractivity contribution in [2.45, 2.75) is 38.8 Å². The van der Waals surface area contributed by atoms with E-state index in [2.05, 4.69) is 20.1 Å². The van der Waals surface area contributed by atoms with Gasteiger partial charge < -0.3 is 10.2 Å². The summed E-state index contributed by atoms with van der Waals surface area (Å²) in [6, 6.07) is 4.74. The van der Waals surface area contributed by atoms with Crippen LogP contribution in [0, 0.1) is 0 Å². The van der Waals surface area contributed by atoms with Crippen molar-refractivity contribution in [1.29, 1.82) is 0 Å². The third-order valence-corrected chi connectivity index (χ3v) is 4.35. The van der Waals surface area contributed by atoms with Gasteiger partial charge in [-0.2, -0.15) is 0 Å². The Morgan fingerprint density at radius 2 is 2.24 bits per heavy atom. The van der Waals surface area contributed by atoms with Crippen LogP contribution in [0.5, 0.6) is 0 Å². The number of nitrogens with one attached hydrogen (secondary N) is 1. The molecule has 0 spiro atoms. The standard InChI is InChI=1S/C16H24N4O/c1-12(2)18-16(21)15-10-13(5-6-17-15)20-9-8-19-7-3-4-14(19)11-20/h5-6,10,12,14H,3-4,7-9,11H2,1-2H3,(H,18,21). The molecule has 0 aromatic carbocycles. The Bertz CT molecular complexity index is 517. The summed E-state index contributed by atoms with van der Waals surface area (Å²) in [5.74, 6) is -0.0913. The van der Waals surface area contributed by atoms with Crippen LogP contribution >= 0.6 is 0 Å². The molecule has 1 aromatic heterocycles. The molecule has 5 nitrogen and oxygen atoms in total. The fraction of sp³-hybridized carbons (Fsp3) is 0.625. The molecule has 5 heteroatoms.